The van der Waals surface area contributed by atoms with Crippen molar-refractivity contribution in [3.8, 4) is 0 Å². The lowest BCUT2D eigenvalue weighted by atomic mass is 10.1. The first-order valence-corrected chi connectivity index (χ1v) is 4.71. The van der Waals surface area contributed by atoms with Gasteiger partial charge in [-0.25, -0.2) is 19.4 Å². The first-order chi connectivity index (χ1) is 7.51. The Kier molecular flexibility index (Phi) is 6.58. The molecule has 0 aliphatic carbocycles. The highest BCUT2D eigenvalue weighted by Gasteiger charge is 2.21. The zero-order chi connectivity index (χ0) is 12.6. The fraction of sp³-hybridized carbons (Fsp3) is 0.500. The summed E-state index contributed by atoms with van der Waals surface area (Å²) < 4.78 is 4.64. The highest BCUT2D eigenvalue weighted by molar-refractivity contribution is 5.83. The van der Waals surface area contributed by atoms with E-state index in [2.05, 4.69) is 21.1 Å². The lowest BCUT2D eigenvalue weighted by Gasteiger charge is -2.08. The number of carbonyl (C=O) groups is 3. The van der Waals surface area contributed by atoms with Crippen LogP contribution in [0.4, 0.5) is 0 Å². The summed E-state index contributed by atoms with van der Waals surface area (Å²) in [6.45, 7) is 6.48. The van der Waals surface area contributed by atoms with Gasteiger partial charge in [0, 0.05) is 6.08 Å². The molecule has 0 spiro atoms. The van der Waals surface area contributed by atoms with Crippen molar-refractivity contribution >= 4 is 17.9 Å². The normalized spacial score (nSPS) is 11.1. The maximum absolute atomic E-state index is 11.2. The quantitative estimate of drug-likeness (QED) is 0.300. The first kappa shape index (κ1) is 14.2. The molecule has 0 aromatic rings. The number of ether oxygens (including phenoxy) is 1. The van der Waals surface area contributed by atoms with Crippen LogP contribution in [0.2, 0.25) is 0 Å². The molecule has 0 aliphatic heterocycles. The Morgan fingerprint density at radius 1 is 1.31 bits per heavy atom. The maximum Gasteiger partial charge on any atom is 0.378 e. The Morgan fingerprint density at radius 2 is 1.94 bits per heavy atom. The highest BCUT2D eigenvalue weighted by Crippen LogP contribution is 2.06. The van der Waals surface area contributed by atoms with Gasteiger partial charge in [-0.2, -0.15) is 0 Å². The van der Waals surface area contributed by atoms with Crippen LogP contribution in [0.15, 0.2) is 12.7 Å². The minimum absolute atomic E-state index is 0.127. The molecule has 0 radical (unpaired) electrons. The Morgan fingerprint density at radius 3 is 2.44 bits per heavy atom. The van der Waals surface area contributed by atoms with E-state index in [1.54, 1.807) is 6.92 Å². The van der Waals surface area contributed by atoms with E-state index in [1.807, 2.05) is 0 Å². The molecule has 0 saturated carbocycles. The van der Waals surface area contributed by atoms with E-state index < -0.39 is 23.8 Å². The average molecular weight is 230 g/mol. The van der Waals surface area contributed by atoms with Crippen molar-refractivity contribution in [3.05, 3.63) is 12.7 Å². The van der Waals surface area contributed by atoms with E-state index in [1.165, 1.54) is 6.92 Å². The molecular formula is C10H14O6. The van der Waals surface area contributed by atoms with E-state index in [4.69, 9.17) is 0 Å². The molecule has 6 heteroatoms. The number of hydrogen-bond donors (Lipinski definition) is 0. The van der Waals surface area contributed by atoms with E-state index in [9.17, 15) is 14.4 Å². The minimum atomic E-state index is -0.878. The third-order valence-corrected chi connectivity index (χ3v) is 1.55. The SMILES string of the molecule is C=CC(=O)OOC(=O)C(C)CC(=O)OCC. The molecule has 1 unspecified atom stereocenters. The van der Waals surface area contributed by atoms with Crippen LogP contribution in [0.1, 0.15) is 20.3 Å². The molecule has 0 heterocycles. The fourth-order valence-electron chi connectivity index (χ4n) is 0.752. The molecule has 0 bridgehead atoms. The van der Waals surface area contributed by atoms with Gasteiger partial charge in [-0.1, -0.05) is 13.5 Å². The van der Waals surface area contributed by atoms with Gasteiger partial charge in [0.25, 0.3) is 0 Å². The number of carbonyl (C=O) groups excluding carboxylic acids is 3. The number of esters is 1. The van der Waals surface area contributed by atoms with Gasteiger partial charge >= 0.3 is 17.9 Å². The summed E-state index contributed by atoms with van der Waals surface area (Å²) in [6.07, 6.45) is 0.724. The summed E-state index contributed by atoms with van der Waals surface area (Å²) in [6, 6.07) is 0. The average Bonchev–Trinajstić information content (AvgIpc) is 2.25. The Balaban J connectivity index is 3.94. The van der Waals surface area contributed by atoms with Crippen molar-refractivity contribution in [3.63, 3.8) is 0 Å². The van der Waals surface area contributed by atoms with Gasteiger partial charge in [0.15, 0.2) is 0 Å². The number of hydrogen-bond acceptors (Lipinski definition) is 6. The predicted molar refractivity (Wildman–Crippen MR) is 52.8 cm³/mol. The van der Waals surface area contributed by atoms with Gasteiger partial charge in [0.1, 0.15) is 0 Å². The second-order valence-electron chi connectivity index (χ2n) is 2.92. The molecular weight excluding hydrogens is 216 g/mol. The van der Waals surface area contributed by atoms with E-state index in [-0.39, 0.29) is 13.0 Å². The third kappa shape index (κ3) is 5.79. The molecule has 0 saturated heterocycles. The van der Waals surface area contributed by atoms with E-state index >= 15 is 0 Å². The summed E-state index contributed by atoms with van der Waals surface area (Å²) >= 11 is 0. The molecule has 16 heavy (non-hydrogen) atoms. The molecule has 0 aliphatic rings. The van der Waals surface area contributed by atoms with Gasteiger partial charge in [-0.15, -0.1) is 0 Å². The second kappa shape index (κ2) is 7.44. The van der Waals surface area contributed by atoms with Crippen LogP contribution in [0.3, 0.4) is 0 Å². The molecule has 0 fully saturated rings. The highest BCUT2D eigenvalue weighted by atomic mass is 17.2. The zero-order valence-corrected chi connectivity index (χ0v) is 9.23. The lowest BCUT2D eigenvalue weighted by Crippen LogP contribution is -2.20. The van der Waals surface area contributed by atoms with E-state index in [0.717, 1.165) is 6.08 Å². The lowest BCUT2D eigenvalue weighted by molar-refractivity contribution is -0.258. The Hall–Kier alpha value is -1.85. The van der Waals surface area contributed by atoms with Crippen LogP contribution in [0.5, 0.6) is 0 Å². The van der Waals surface area contributed by atoms with Crippen molar-refractivity contribution in [2.24, 2.45) is 5.92 Å². The largest absolute Gasteiger partial charge is 0.466 e. The fourth-order valence-corrected chi connectivity index (χ4v) is 0.752. The maximum atomic E-state index is 11.2. The molecule has 0 N–H and O–H groups in total. The third-order valence-electron chi connectivity index (χ3n) is 1.55. The smallest absolute Gasteiger partial charge is 0.378 e. The van der Waals surface area contributed by atoms with Crippen molar-refractivity contribution in [1.29, 1.82) is 0 Å². The molecule has 90 valence electrons. The van der Waals surface area contributed by atoms with Crippen LogP contribution in [-0.2, 0) is 28.9 Å². The van der Waals surface area contributed by atoms with Crippen LogP contribution in [-0.4, -0.2) is 24.5 Å². The van der Waals surface area contributed by atoms with Crippen LogP contribution in [0.25, 0.3) is 0 Å². The van der Waals surface area contributed by atoms with Gasteiger partial charge in [-0.05, 0) is 6.92 Å². The summed E-state index contributed by atoms with van der Waals surface area (Å²) in [5.74, 6) is -2.95. The summed E-state index contributed by atoms with van der Waals surface area (Å²) in [4.78, 5) is 40.9. The Labute approximate surface area is 93.1 Å². The molecule has 1 atom stereocenters. The molecule has 0 aromatic heterocycles. The van der Waals surface area contributed by atoms with Crippen LogP contribution >= 0.6 is 0 Å². The monoisotopic (exact) mass is 230 g/mol. The van der Waals surface area contributed by atoms with Gasteiger partial charge in [-0.3, -0.25) is 4.79 Å². The second-order valence-corrected chi connectivity index (χ2v) is 2.92. The van der Waals surface area contributed by atoms with Crippen molar-refractivity contribution < 1.29 is 28.9 Å². The zero-order valence-electron chi connectivity index (χ0n) is 9.23. The van der Waals surface area contributed by atoms with Gasteiger partial charge in [0.05, 0.1) is 18.9 Å². The van der Waals surface area contributed by atoms with Crippen LogP contribution < -0.4 is 0 Å². The van der Waals surface area contributed by atoms with Gasteiger partial charge in [0.2, 0.25) is 0 Å². The molecule has 0 amide bonds. The number of rotatable bonds is 5. The standard InChI is InChI=1S/C10H14O6/c1-4-8(11)15-16-10(13)7(3)6-9(12)14-5-2/h4,7H,1,5-6H2,2-3H3. The summed E-state index contributed by atoms with van der Waals surface area (Å²) in [7, 11) is 0. The predicted octanol–water partition coefficient (Wildman–Crippen LogP) is 0.763. The summed E-state index contributed by atoms with van der Waals surface area (Å²) in [5.41, 5.74) is 0. The Bertz CT molecular complexity index is 283. The molecule has 6 nitrogen and oxygen atoms in total. The molecule has 0 rings (SSSR count). The summed E-state index contributed by atoms with van der Waals surface area (Å²) in [5, 5.41) is 0. The van der Waals surface area contributed by atoms with Crippen molar-refractivity contribution in [2.45, 2.75) is 20.3 Å². The topological polar surface area (TPSA) is 78.9 Å². The molecule has 0 aromatic carbocycles. The van der Waals surface area contributed by atoms with Crippen molar-refractivity contribution in [1.82, 2.24) is 0 Å². The van der Waals surface area contributed by atoms with Crippen molar-refractivity contribution in [2.75, 3.05) is 6.61 Å². The first-order valence-electron chi connectivity index (χ1n) is 4.71. The van der Waals surface area contributed by atoms with Gasteiger partial charge < -0.3 is 4.74 Å². The van der Waals surface area contributed by atoms with E-state index in [0.29, 0.717) is 0 Å². The van der Waals surface area contributed by atoms with Crippen LogP contribution in [0, 0.1) is 5.92 Å². The minimum Gasteiger partial charge on any atom is -0.466 e.